The summed E-state index contributed by atoms with van der Waals surface area (Å²) in [6, 6.07) is 11.5. The molecule has 252 valence electrons. The van der Waals surface area contributed by atoms with Gasteiger partial charge in [-0.25, -0.2) is 18.7 Å². The molecule has 2 atom stereocenters. The topological polar surface area (TPSA) is 119 Å². The highest BCUT2D eigenvalue weighted by Gasteiger charge is 2.45. The van der Waals surface area contributed by atoms with E-state index in [-0.39, 0.29) is 41.3 Å². The molecule has 10 nitrogen and oxygen atoms in total. The molecular formula is C37H31F2N7O3S. The summed E-state index contributed by atoms with van der Waals surface area (Å²) in [5.41, 5.74) is 6.17. The second kappa shape index (κ2) is 11.9. The van der Waals surface area contributed by atoms with Gasteiger partial charge in [-0.15, -0.1) is 21.5 Å². The van der Waals surface area contributed by atoms with E-state index in [1.807, 2.05) is 11.0 Å². The number of halogens is 2. The predicted molar refractivity (Wildman–Crippen MR) is 183 cm³/mol. The van der Waals surface area contributed by atoms with Crippen molar-refractivity contribution in [2.24, 2.45) is 0 Å². The first-order valence-corrected chi connectivity index (χ1v) is 17.5. The maximum absolute atomic E-state index is 14.5. The van der Waals surface area contributed by atoms with Crippen LogP contribution in [0.3, 0.4) is 0 Å². The molecule has 6 aromatic rings. The van der Waals surface area contributed by atoms with Crippen LogP contribution in [0.4, 0.5) is 14.6 Å². The normalized spacial score (nSPS) is 17.8. The van der Waals surface area contributed by atoms with Crippen LogP contribution >= 0.6 is 11.3 Å². The van der Waals surface area contributed by atoms with Gasteiger partial charge < -0.3 is 19.4 Å². The van der Waals surface area contributed by atoms with Crippen molar-refractivity contribution in [3.05, 3.63) is 100.0 Å². The Hall–Kier alpha value is -5.30. The summed E-state index contributed by atoms with van der Waals surface area (Å²) in [5, 5.41) is 13.0. The fourth-order valence-corrected chi connectivity index (χ4v) is 8.85. The number of benzene rings is 2. The number of nitrogens with one attached hydrogen (secondary N) is 1. The highest BCUT2D eigenvalue weighted by atomic mass is 32.1. The van der Waals surface area contributed by atoms with E-state index in [0.717, 1.165) is 62.4 Å². The van der Waals surface area contributed by atoms with Crippen molar-refractivity contribution in [1.29, 1.82) is 0 Å². The minimum Gasteiger partial charge on any atom is -0.493 e. The van der Waals surface area contributed by atoms with Crippen LogP contribution in [-0.2, 0) is 19.3 Å². The highest BCUT2D eigenvalue weighted by Crippen LogP contribution is 2.50. The van der Waals surface area contributed by atoms with Crippen molar-refractivity contribution >= 4 is 33.3 Å². The fraction of sp³-hybridized carbons (Fsp3) is 0.297. The molecule has 0 saturated carbocycles. The van der Waals surface area contributed by atoms with Crippen LogP contribution in [0.25, 0.3) is 32.1 Å². The Morgan fingerprint density at radius 2 is 1.90 bits per heavy atom. The van der Waals surface area contributed by atoms with Gasteiger partial charge in [0.15, 0.2) is 11.6 Å². The van der Waals surface area contributed by atoms with Gasteiger partial charge in [0.2, 0.25) is 11.8 Å². The zero-order valence-electron chi connectivity index (χ0n) is 27.3. The van der Waals surface area contributed by atoms with Crippen LogP contribution in [0, 0.1) is 18.6 Å². The number of anilines is 1. The van der Waals surface area contributed by atoms with Gasteiger partial charge in [-0.05, 0) is 73.9 Å². The lowest BCUT2D eigenvalue weighted by atomic mass is 9.93. The lowest BCUT2D eigenvalue weighted by molar-refractivity contribution is 0.0776. The number of aromatic nitrogens is 5. The average molecular weight is 692 g/mol. The lowest BCUT2D eigenvalue weighted by Gasteiger charge is -2.16. The second-order valence-electron chi connectivity index (χ2n) is 12.9. The zero-order valence-corrected chi connectivity index (χ0v) is 28.1. The summed E-state index contributed by atoms with van der Waals surface area (Å²) in [6.07, 6.45) is 5.81. The Morgan fingerprint density at radius 1 is 1.04 bits per heavy atom. The van der Waals surface area contributed by atoms with E-state index in [1.54, 1.807) is 25.1 Å². The van der Waals surface area contributed by atoms with Crippen molar-refractivity contribution < 1.29 is 22.7 Å². The number of methoxy groups -OCH3 is 1. The van der Waals surface area contributed by atoms with Gasteiger partial charge >= 0.3 is 0 Å². The molecular weight excluding hydrogens is 661 g/mol. The zero-order chi connectivity index (χ0) is 34.1. The molecule has 9 rings (SSSR count). The molecule has 1 unspecified atom stereocenters. The third kappa shape index (κ3) is 4.93. The maximum atomic E-state index is 14.5. The van der Waals surface area contributed by atoms with Crippen LogP contribution in [0.15, 0.2) is 53.2 Å². The first kappa shape index (κ1) is 30.7. The van der Waals surface area contributed by atoms with E-state index in [4.69, 9.17) is 14.1 Å². The first-order chi connectivity index (χ1) is 24.4. The molecule has 3 aliphatic rings. The summed E-state index contributed by atoms with van der Waals surface area (Å²) < 4.78 is 39.7. The Bertz CT molecular complexity index is 2320. The van der Waals surface area contributed by atoms with Crippen LogP contribution in [0.2, 0.25) is 0 Å². The molecule has 50 heavy (non-hydrogen) atoms. The third-order valence-corrected chi connectivity index (χ3v) is 11.1. The Morgan fingerprint density at radius 3 is 2.70 bits per heavy atom. The standard InChI is InChI=1S/C37H31F2N7O3S/c1-18-44-45-35(49-18)29-26(13-7-19-5-8-20(38)9-6-19)42-32-27-4-3-15-46(27)37(47)31(32)30(29)28-16-23-34(40-17-41-36(23)50-28)43-25-14-11-22-21(25)10-12-24(39)33(22)48-2/h5-6,8-10,12,16-17,25,27H,3-4,7,11,13-15H2,1-2H3,(H,40,41,43)/t25?,27-/m0/s1. The van der Waals surface area contributed by atoms with Gasteiger partial charge in [0, 0.05) is 29.5 Å². The fourth-order valence-electron chi connectivity index (χ4n) is 7.79. The van der Waals surface area contributed by atoms with E-state index in [2.05, 4.69) is 25.5 Å². The number of fused-ring (bicyclic) bond motifs is 5. The minimum atomic E-state index is -0.372. The van der Waals surface area contributed by atoms with Gasteiger partial charge in [-0.3, -0.25) is 9.78 Å². The van der Waals surface area contributed by atoms with Crippen molar-refractivity contribution in [3.63, 3.8) is 0 Å². The first-order valence-electron chi connectivity index (χ1n) is 16.7. The SMILES string of the molecule is COc1c(F)ccc2c1CCC2Nc1ncnc2sc(-c3c4c(nc(CCc5ccc(F)cc5)c3-c3nnc(C)o3)[C@@H]3CCCN3C4=O)cc12. The van der Waals surface area contributed by atoms with E-state index in [9.17, 15) is 13.6 Å². The highest BCUT2D eigenvalue weighted by molar-refractivity contribution is 7.22. The number of nitrogens with zero attached hydrogens (tertiary/aromatic N) is 6. The number of hydrogen-bond donors (Lipinski definition) is 1. The minimum absolute atomic E-state index is 0.0572. The lowest BCUT2D eigenvalue weighted by Crippen LogP contribution is -2.22. The monoisotopic (exact) mass is 691 g/mol. The summed E-state index contributed by atoms with van der Waals surface area (Å²) in [5.74, 6) is 0.885. The van der Waals surface area contributed by atoms with Gasteiger partial charge in [0.25, 0.3) is 5.91 Å². The molecule has 1 fully saturated rings. The molecule has 1 aliphatic carbocycles. The van der Waals surface area contributed by atoms with Crippen molar-refractivity contribution in [2.75, 3.05) is 19.0 Å². The number of carbonyl (C=O) groups excluding carboxylic acids is 1. The molecule has 6 heterocycles. The maximum Gasteiger partial charge on any atom is 0.257 e. The van der Waals surface area contributed by atoms with E-state index < -0.39 is 0 Å². The average Bonchev–Trinajstić information content (AvgIpc) is 3.96. The molecule has 0 spiro atoms. The Kier molecular flexibility index (Phi) is 7.34. The van der Waals surface area contributed by atoms with Crippen molar-refractivity contribution in [2.45, 2.75) is 57.5 Å². The van der Waals surface area contributed by atoms with Gasteiger partial charge in [-0.2, -0.15) is 0 Å². The second-order valence-corrected chi connectivity index (χ2v) is 13.9. The Labute approximate surface area is 289 Å². The van der Waals surface area contributed by atoms with E-state index in [0.29, 0.717) is 54.2 Å². The quantitative estimate of drug-likeness (QED) is 0.172. The van der Waals surface area contributed by atoms with Gasteiger partial charge in [-0.1, -0.05) is 18.2 Å². The van der Waals surface area contributed by atoms with Crippen LogP contribution in [-0.4, -0.2) is 49.6 Å². The number of thiophene rings is 1. The van der Waals surface area contributed by atoms with Gasteiger partial charge in [0.05, 0.1) is 47.1 Å². The predicted octanol–water partition coefficient (Wildman–Crippen LogP) is 7.57. The summed E-state index contributed by atoms with van der Waals surface area (Å²) in [7, 11) is 1.49. The van der Waals surface area contributed by atoms with Gasteiger partial charge in [0.1, 0.15) is 22.8 Å². The van der Waals surface area contributed by atoms with Crippen molar-refractivity contribution in [1.82, 2.24) is 30.0 Å². The van der Waals surface area contributed by atoms with Crippen LogP contribution in [0.5, 0.6) is 5.75 Å². The number of rotatable bonds is 8. The van der Waals surface area contributed by atoms with Crippen LogP contribution < -0.4 is 10.1 Å². The number of ether oxygens (including phenoxy) is 1. The number of pyridine rings is 1. The molecule has 0 bridgehead atoms. The molecule has 1 saturated heterocycles. The van der Waals surface area contributed by atoms with Crippen LogP contribution in [0.1, 0.15) is 75.7 Å². The number of amides is 1. The molecule has 2 aromatic carbocycles. The number of hydrogen-bond acceptors (Lipinski definition) is 10. The number of carbonyl (C=O) groups is 1. The largest absolute Gasteiger partial charge is 0.493 e. The smallest absolute Gasteiger partial charge is 0.257 e. The summed E-state index contributed by atoms with van der Waals surface area (Å²) in [4.78, 5) is 32.1. The van der Waals surface area contributed by atoms with E-state index in [1.165, 1.54) is 43.0 Å². The molecule has 4 aromatic heterocycles. The third-order valence-electron chi connectivity index (χ3n) is 10.0. The molecule has 13 heteroatoms. The molecule has 1 N–H and O–H groups in total. The molecule has 2 aliphatic heterocycles. The summed E-state index contributed by atoms with van der Waals surface area (Å²) >= 11 is 1.46. The molecule has 1 amide bonds. The number of aryl methyl sites for hydroxylation is 3. The Balaban J connectivity index is 1.20. The van der Waals surface area contributed by atoms with Crippen molar-refractivity contribution in [3.8, 4) is 27.6 Å². The summed E-state index contributed by atoms with van der Waals surface area (Å²) in [6.45, 7) is 2.40. The van der Waals surface area contributed by atoms with E-state index >= 15 is 0 Å². The molecule has 0 radical (unpaired) electrons.